The largest absolute Gasteiger partial charge is 0.390 e. The van der Waals surface area contributed by atoms with Crippen LogP contribution in [0.15, 0.2) is 173 Å². The topological polar surface area (TPSA) is 360 Å². The third-order valence-corrected chi connectivity index (χ3v) is 26.7. The number of fused-ring (bicyclic) bond motifs is 4. The standard InChI is InChI=1S/C24H32N8O2.C24H28N8O.C24H30N8O.C24H32N8O/c1-4-19(5-2)31-11-18(9-27-31)24-23-6-7-25-32(23)16-22(28-24)17-8-26-30(10-17)13-20(33)12-29-14-21(15-29)34-3;1-3-19(4-2)30-12-18(10-27-30)23-22-7-8-25-32(22)15-21(28-23)17-9-26-31(11-17)20-13-29(14-20)24(33)16-5-6-16;1-5-19(6-2)30-12-18(10-27-30)23-22-7-8-25-32(22)15-21(28-23)17-9-26-31(11-17)20-13-29(14-20)24(33)16(3)4;1-3-20(4-2)31-14-19(12-27-31)24-23-7-8-25-32(23)17-22(28-24)18-11-26-30(13-18)16-21(33)15-29-9-5-6-10-29/h6-11,16,19-21,33H,4-5,12-15H2,1-3H3;7-12,15-16,19-20H,3-6,13-14H2,1-2H3;7-12,15-16,19-20H,5-6,13-14H2,1-4H3;7-8,11-14,17,20-21,33H,3-6,9-10,15-16H2,1-2H3/t20-;;;21-/m0..1/s1. The number of nitrogens with zero attached hydrogens (tertiary/aromatic N) is 32. The zero-order valence-corrected chi connectivity index (χ0v) is 77.9. The van der Waals surface area contributed by atoms with Crippen molar-refractivity contribution in [2.75, 3.05) is 72.6 Å². The molecule has 0 aromatic carbocycles. The van der Waals surface area contributed by atoms with Crippen molar-refractivity contribution in [1.29, 1.82) is 0 Å². The van der Waals surface area contributed by atoms with E-state index in [0.717, 1.165) is 216 Å². The van der Waals surface area contributed by atoms with Crippen LogP contribution in [0, 0.1) is 11.8 Å². The fraction of sp³-hybridized carbons (Fsp3) is 0.479. The molecule has 20 heterocycles. The summed E-state index contributed by atoms with van der Waals surface area (Å²) in [5, 5.41) is 75.3. The molecule has 16 aromatic heterocycles. The van der Waals surface area contributed by atoms with Gasteiger partial charge < -0.3 is 29.6 Å². The van der Waals surface area contributed by atoms with E-state index in [1.165, 1.54) is 12.8 Å². The van der Waals surface area contributed by atoms with Crippen molar-refractivity contribution in [3.8, 4) is 90.1 Å². The van der Waals surface area contributed by atoms with Crippen LogP contribution >= 0.6 is 0 Å². The maximum Gasteiger partial charge on any atom is 0.225 e. The first-order valence-corrected chi connectivity index (χ1v) is 47.5. The van der Waals surface area contributed by atoms with E-state index in [-0.39, 0.29) is 35.9 Å². The van der Waals surface area contributed by atoms with Crippen LogP contribution in [0.2, 0.25) is 0 Å². The summed E-state index contributed by atoms with van der Waals surface area (Å²) in [6.45, 7) is 30.3. The number of aromatic nitrogens is 28. The Bertz CT molecular complexity index is 6380. The maximum absolute atomic E-state index is 12.2. The molecule has 2 atom stereocenters. The lowest BCUT2D eigenvalue weighted by Gasteiger charge is -2.40. The highest BCUT2D eigenvalue weighted by Crippen LogP contribution is 2.38. The molecule has 0 radical (unpaired) electrons. The number of amides is 2. The Hall–Kier alpha value is -13.1. The molecule has 2 N–H and O–H groups in total. The van der Waals surface area contributed by atoms with Crippen LogP contribution in [0.3, 0.4) is 0 Å². The molecular formula is C96H122N32O5. The van der Waals surface area contributed by atoms with Crippen molar-refractivity contribution < 1.29 is 24.5 Å². The number of β-amino-alcohol motifs (C(OH)–C–C–N with tert-alkyl or cyclic N) is 2. The molecular weight excluding hydrogens is 1680 g/mol. The number of aliphatic hydroxyl groups is 2. The molecule has 0 bridgehead atoms. The number of hydrogen-bond donors (Lipinski definition) is 2. The SMILES string of the molecule is CCC(CC)n1cc(-c2nc(-c3cnn(C4CN(C(=O)C(C)C)C4)c3)cn3nccc23)cn1.CCC(CC)n1cc(-c2nc(-c3cnn(C4CN(C(=O)C5CC5)C4)c3)cn3nccc23)cn1.CCC(CC)n1cc(-c2nc(-c3cnn(C[C@@H](O)CN4CC(OC)C4)c3)cn3nccc23)cn1.CCC(CC)n1cc(-c2nc(-c3cnn(C[C@H](O)CN4CCCC4)c3)cn3nccc23)cn1. The molecule has 0 spiro atoms. The predicted octanol–water partition coefficient (Wildman–Crippen LogP) is 13.3. The van der Waals surface area contributed by atoms with Crippen LogP contribution in [-0.2, 0) is 27.4 Å². The molecule has 1 aliphatic carbocycles. The number of carbonyl (C=O) groups excluding carboxylic acids is 2. The van der Waals surface area contributed by atoms with E-state index in [4.69, 9.17) is 24.7 Å². The van der Waals surface area contributed by atoms with Crippen molar-refractivity contribution in [1.82, 2.24) is 156 Å². The van der Waals surface area contributed by atoms with Gasteiger partial charge in [0.25, 0.3) is 0 Å². The number of rotatable bonds is 33. The van der Waals surface area contributed by atoms with Gasteiger partial charge in [0.2, 0.25) is 11.8 Å². The molecule has 5 fully saturated rings. The molecule has 696 valence electrons. The van der Waals surface area contributed by atoms with Crippen molar-refractivity contribution in [2.45, 2.75) is 214 Å². The average Bonchev–Trinajstić information content (AvgIpc) is 1.68. The summed E-state index contributed by atoms with van der Waals surface area (Å²) in [6.07, 6.45) is 58.0. The highest BCUT2D eigenvalue weighted by Gasteiger charge is 2.41. The van der Waals surface area contributed by atoms with E-state index >= 15 is 0 Å². The number of methoxy groups -OCH3 is 1. The Kier molecular flexibility index (Phi) is 27.3. The molecule has 2 amide bonds. The summed E-state index contributed by atoms with van der Waals surface area (Å²) < 4.78 is 28.3. The Morgan fingerprint density at radius 1 is 0.368 bits per heavy atom. The van der Waals surface area contributed by atoms with E-state index in [2.05, 4.69) is 151 Å². The van der Waals surface area contributed by atoms with Crippen molar-refractivity contribution in [3.05, 3.63) is 173 Å². The van der Waals surface area contributed by atoms with Gasteiger partial charge in [-0.25, -0.2) is 38.0 Å². The van der Waals surface area contributed by atoms with Gasteiger partial charge in [-0.2, -0.15) is 61.2 Å². The van der Waals surface area contributed by atoms with E-state index in [1.807, 2.05) is 181 Å². The molecule has 16 aromatic rings. The first-order valence-electron chi connectivity index (χ1n) is 47.5. The van der Waals surface area contributed by atoms with Gasteiger partial charge in [-0.15, -0.1) is 0 Å². The third kappa shape index (κ3) is 19.7. The van der Waals surface area contributed by atoms with Gasteiger partial charge in [-0.3, -0.25) is 51.9 Å². The number of likely N-dealkylation sites (tertiary alicyclic amines) is 4. The minimum atomic E-state index is -0.501. The van der Waals surface area contributed by atoms with Crippen molar-refractivity contribution in [2.24, 2.45) is 11.8 Å². The van der Waals surface area contributed by atoms with E-state index in [1.54, 1.807) is 53.7 Å². The Balaban J connectivity index is 0.000000119. The first-order chi connectivity index (χ1) is 64.8. The average molecular weight is 1800 g/mol. The van der Waals surface area contributed by atoms with Crippen LogP contribution in [0.25, 0.3) is 112 Å². The molecule has 4 aliphatic heterocycles. The fourth-order valence-corrected chi connectivity index (χ4v) is 18.4. The second-order valence-electron chi connectivity index (χ2n) is 36.2. The molecule has 4 saturated heterocycles. The Morgan fingerprint density at radius 3 is 1.01 bits per heavy atom. The van der Waals surface area contributed by atoms with Gasteiger partial charge in [-0.1, -0.05) is 69.2 Å². The smallest absolute Gasteiger partial charge is 0.225 e. The molecule has 21 rings (SSSR count). The molecule has 1 saturated carbocycles. The monoisotopic (exact) mass is 1800 g/mol. The summed E-state index contributed by atoms with van der Waals surface area (Å²) in [5.74, 6) is 0.805. The highest BCUT2D eigenvalue weighted by molar-refractivity contribution is 5.84. The number of carbonyl (C=O) groups is 2. The lowest BCUT2D eigenvalue weighted by atomic mass is 10.1. The second kappa shape index (κ2) is 40.1. The maximum atomic E-state index is 12.2. The summed E-state index contributed by atoms with van der Waals surface area (Å²) in [5.41, 5.74) is 17.9. The van der Waals surface area contributed by atoms with Gasteiger partial charge in [0.1, 0.15) is 0 Å². The fourth-order valence-electron chi connectivity index (χ4n) is 18.4. The third-order valence-electron chi connectivity index (χ3n) is 26.7. The second-order valence-corrected chi connectivity index (χ2v) is 36.2. The zero-order valence-electron chi connectivity index (χ0n) is 77.9. The molecule has 37 heteroatoms. The van der Waals surface area contributed by atoms with Crippen LogP contribution < -0.4 is 0 Å². The number of ether oxygens (including phenoxy) is 1. The van der Waals surface area contributed by atoms with E-state index < -0.39 is 12.2 Å². The first kappa shape index (κ1) is 90.4. The normalized spacial score (nSPS) is 15.7. The van der Waals surface area contributed by atoms with Crippen LogP contribution in [0.5, 0.6) is 0 Å². The van der Waals surface area contributed by atoms with Gasteiger partial charge >= 0.3 is 0 Å². The van der Waals surface area contributed by atoms with E-state index in [0.29, 0.717) is 69.3 Å². The number of aliphatic hydroxyl groups excluding tert-OH is 2. The van der Waals surface area contributed by atoms with E-state index in [9.17, 15) is 19.8 Å². The Labute approximate surface area is 772 Å². The zero-order chi connectivity index (χ0) is 92.1. The van der Waals surface area contributed by atoms with Crippen molar-refractivity contribution in [3.63, 3.8) is 0 Å². The van der Waals surface area contributed by atoms with Crippen LogP contribution in [-0.4, -0.2) is 269 Å². The van der Waals surface area contributed by atoms with Crippen LogP contribution in [0.1, 0.15) is 183 Å². The molecule has 5 aliphatic rings. The summed E-state index contributed by atoms with van der Waals surface area (Å²) in [6, 6.07) is 9.83. The predicted molar refractivity (Wildman–Crippen MR) is 504 cm³/mol. The summed E-state index contributed by atoms with van der Waals surface area (Å²) in [7, 11) is 1.73. The van der Waals surface area contributed by atoms with Crippen LogP contribution in [0.4, 0.5) is 0 Å². The van der Waals surface area contributed by atoms with Gasteiger partial charge in [0.05, 0.1) is 234 Å². The van der Waals surface area contributed by atoms with Gasteiger partial charge in [0.15, 0.2) is 0 Å². The minimum Gasteiger partial charge on any atom is -0.390 e. The minimum absolute atomic E-state index is 0.0249. The Morgan fingerprint density at radius 2 is 0.684 bits per heavy atom. The molecule has 37 nitrogen and oxygen atoms in total. The van der Waals surface area contributed by atoms with Crippen molar-refractivity contribution >= 4 is 33.9 Å². The summed E-state index contributed by atoms with van der Waals surface area (Å²) in [4.78, 5) is 52.6. The lowest BCUT2D eigenvalue weighted by Crippen LogP contribution is -2.54. The molecule has 133 heavy (non-hydrogen) atoms. The van der Waals surface area contributed by atoms with Gasteiger partial charge in [-0.05, 0) is 114 Å². The highest BCUT2D eigenvalue weighted by atomic mass is 16.5. The molecule has 0 unspecified atom stereocenters. The lowest BCUT2D eigenvalue weighted by molar-refractivity contribution is -0.140. The quantitative estimate of drug-likeness (QED) is 0.0386. The van der Waals surface area contributed by atoms with Gasteiger partial charge in [0, 0.05) is 165 Å². The summed E-state index contributed by atoms with van der Waals surface area (Å²) >= 11 is 0. The number of hydrogen-bond acceptors (Lipinski definition) is 23.